The Hall–Kier alpha value is -3.32. The molecule has 0 aliphatic rings. The lowest BCUT2D eigenvalue weighted by Gasteiger charge is -2.11. The molecule has 4 heterocycles. The molecule has 0 atom stereocenters. The predicted octanol–water partition coefficient (Wildman–Crippen LogP) is 4.41. The zero-order valence-electron chi connectivity index (χ0n) is 14.0. The molecule has 0 amide bonds. The average Bonchev–Trinajstić information content (AvgIpc) is 3.24. The zero-order valence-corrected chi connectivity index (χ0v) is 14.8. The van der Waals surface area contributed by atoms with Crippen LogP contribution in [0.15, 0.2) is 65.7 Å². The van der Waals surface area contributed by atoms with Crippen molar-refractivity contribution in [2.45, 2.75) is 0 Å². The molecule has 0 saturated heterocycles. The summed E-state index contributed by atoms with van der Waals surface area (Å²) in [5.41, 5.74) is 2.92. The van der Waals surface area contributed by atoms with Gasteiger partial charge in [0.25, 0.3) is 0 Å². The fourth-order valence-corrected chi connectivity index (χ4v) is 3.08. The molecule has 0 saturated carbocycles. The lowest BCUT2D eigenvalue weighted by atomic mass is 10.1. The maximum Gasteiger partial charge on any atom is 0.180 e. The van der Waals surface area contributed by atoms with Gasteiger partial charge in [0.1, 0.15) is 11.5 Å². The van der Waals surface area contributed by atoms with E-state index in [-0.39, 0.29) is 0 Å². The van der Waals surface area contributed by atoms with Crippen molar-refractivity contribution in [3.8, 4) is 28.4 Å². The quantitative estimate of drug-likeness (QED) is 0.567. The number of hydrogen-bond donors (Lipinski definition) is 1. The summed E-state index contributed by atoms with van der Waals surface area (Å²) >= 11 is 1.66. The van der Waals surface area contributed by atoms with Crippen molar-refractivity contribution in [2.24, 2.45) is 0 Å². The van der Waals surface area contributed by atoms with Gasteiger partial charge in [-0.25, -0.2) is 15.0 Å². The minimum absolute atomic E-state index is 0.517. The summed E-state index contributed by atoms with van der Waals surface area (Å²) in [4.78, 5) is 17.6. The van der Waals surface area contributed by atoms with Crippen LogP contribution in [0.3, 0.4) is 0 Å². The van der Waals surface area contributed by atoms with Crippen LogP contribution in [0.4, 0.5) is 11.6 Å². The van der Waals surface area contributed by atoms with E-state index < -0.39 is 0 Å². The zero-order chi connectivity index (χ0) is 17.8. The molecule has 7 heteroatoms. The molecule has 1 N–H and O–H groups in total. The van der Waals surface area contributed by atoms with E-state index in [2.05, 4.69) is 36.7 Å². The molecule has 0 bridgehead atoms. The summed E-state index contributed by atoms with van der Waals surface area (Å²) < 4.78 is 5.36. The van der Waals surface area contributed by atoms with E-state index >= 15 is 0 Å². The minimum atomic E-state index is 0.517. The molecule has 4 aromatic heterocycles. The Morgan fingerprint density at radius 3 is 2.62 bits per heavy atom. The molecule has 0 unspecified atom stereocenters. The summed E-state index contributed by atoms with van der Waals surface area (Å²) in [6.45, 7) is 0. The lowest BCUT2D eigenvalue weighted by Crippen LogP contribution is -2.02. The second kappa shape index (κ2) is 7.28. The van der Waals surface area contributed by atoms with Crippen LogP contribution in [0.1, 0.15) is 0 Å². The Labute approximate surface area is 154 Å². The number of thiophene rings is 1. The Bertz CT molecular complexity index is 988. The monoisotopic (exact) mass is 361 g/mol. The van der Waals surface area contributed by atoms with E-state index in [0.717, 1.165) is 11.1 Å². The van der Waals surface area contributed by atoms with Crippen LogP contribution in [0.5, 0.6) is 5.75 Å². The van der Waals surface area contributed by atoms with Gasteiger partial charge in [0.2, 0.25) is 0 Å². The first-order valence-electron chi connectivity index (χ1n) is 7.91. The van der Waals surface area contributed by atoms with Crippen molar-refractivity contribution in [2.75, 3.05) is 12.4 Å². The smallest absolute Gasteiger partial charge is 0.180 e. The van der Waals surface area contributed by atoms with E-state index in [1.54, 1.807) is 30.8 Å². The van der Waals surface area contributed by atoms with Gasteiger partial charge in [-0.3, -0.25) is 4.98 Å². The van der Waals surface area contributed by atoms with Gasteiger partial charge in [-0.15, -0.1) is 0 Å². The highest BCUT2D eigenvalue weighted by molar-refractivity contribution is 7.08. The Kier molecular flexibility index (Phi) is 4.53. The van der Waals surface area contributed by atoms with Crippen molar-refractivity contribution in [3.63, 3.8) is 0 Å². The second-order valence-corrected chi connectivity index (χ2v) is 6.17. The molecule has 0 fully saturated rings. The SMILES string of the molecule is COc1cnc(-c2ccccn2)nc1Nc1ccc(-c2ccsc2)cn1. The second-order valence-electron chi connectivity index (χ2n) is 5.39. The van der Waals surface area contributed by atoms with Gasteiger partial charge in [0.05, 0.1) is 13.3 Å². The Morgan fingerprint density at radius 2 is 1.92 bits per heavy atom. The highest BCUT2D eigenvalue weighted by Gasteiger charge is 2.11. The third-order valence-corrected chi connectivity index (χ3v) is 4.42. The minimum Gasteiger partial charge on any atom is -0.491 e. The van der Waals surface area contributed by atoms with Crippen LogP contribution in [0.25, 0.3) is 22.6 Å². The molecule has 4 rings (SSSR count). The van der Waals surface area contributed by atoms with Gasteiger partial charge < -0.3 is 10.1 Å². The predicted molar refractivity (Wildman–Crippen MR) is 103 cm³/mol. The van der Waals surface area contributed by atoms with Crippen molar-refractivity contribution in [1.82, 2.24) is 19.9 Å². The number of nitrogens with zero attached hydrogens (tertiary/aromatic N) is 4. The van der Waals surface area contributed by atoms with Crippen LogP contribution < -0.4 is 10.1 Å². The maximum atomic E-state index is 5.36. The Balaban J connectivity index is 1.62. The first-order chi connectivity index (χ1) is 12.8. The molecule has 0 aliphatic carbocycles. The summed E-state index contributed by atoms with van der Waals surface area (Å²) in [5, 5.41) is 7.34. The van der Waals surface area contributed by atoms with E-state index in [0.29, 0.717) is 28.9 Å². The number of nitrogens with one attached hydrogen (secondary N) is 1. The highest BCUT2D eigenvalue weighted by atomic mass is 32.1. The summed E-state index contributed by atoms with van der Waals surface area (Å²) in [6, 6.07) is 11.6. The van der Waals surface area contributed by atoms with Crippen LogP contribution in [0, 0.1) is 0 Å². The number of ether oxygens (including phenoxy) is 1. The largest absolute Gasteiger partial charge is 0.491 e. The standard InChI is InChI=1S/C19H15N5OS/c1-25-16-11-22-18(15-4-2-3-8-20-15)24-19(16)23-17-6-5-13(10-21-17)14-7-9-26-12-14/h2-12H,1H3,(H,21,22,23,24). The lowest BCUT2D eigenvalue weighted by molar-refractivity contribution is 0.413. The third-order valence-electron chi connectivity index (χ3n) is 3.73. The van der Waals surface area contributed by atoms with E-state index in [4.69, 9.17) is 4.74 Å². The van der Waals surface area contributed by atoms with Crippen LogP contribution >= 0.6 is 11.3 Å². The topological polar surface area (TPSA) is 72.8 Å². The van der Waals surface area contributed by atoms with Crippen LogP contribution in [-0.4, -0.2) is 27.0 Å². The average molecular weight is 361 g/mol. The summed E-state index contributed by atoms with van der Waals surface area (Å²) in [6.07, 6.45) is 5.16. The van der Waals surface area contributed by atoms with Gasteiger partial charge in [-0.05, 0) is 46.7 Å². The molecular weight excluding hydrogens is 346 g/mol. The van der Waals surface area contributed by atoms with E-state index in [1.165, 1.54) is 0 Å². The fourth-order valence-electron chi connectivity index (χ4n) is 2.42. The van der Waals surface area contributed by atoms with E-state index in [9.17, 15) is 0 Å². The first-order valence-corrected chi connectivity index (χ1v) is 8.86. The van der Waals surface area contributed by atoms with Crippen molar-refractivity contribution in [1.29, 1.82) is 0 Å². The normalized spacial score (nSPS) is 10.5. The number of anilines is 2. The molecule has 4 aromatic rings. The maximum absolute atomic E-state index is 5.36. The molecule has 0 aliphatic heterocycles. The van der Waals surface area contributed by atoms with Crippen LogP contribution in [-0.2, 0) is 0 Å². The summed E-state index contributed by atoms with van der Waals surface area (Å²) in [7, 11) is 1.58. The number of rotatable bonds is 5. The number of pyridine rings is 2. The molecule has 0 spiro atoms. The third kappa shape index (κ3) is 3.38. The molecule has 6 nitrogen and oxygen atoms in total. The van der Waals surface area contributed by atoms with Gasteiger partial charge in [-0.2, -0.15) is 11.3 Å². The molecule has 0 aromatic carbocycles. The molecule has 26 heavy (non-hydrogen) atoms. The Morgan fingerprint density at radius 1 is 0.962 bits per heavy atom. The molecule has 0 radical (unpaired) electrons. The first kappa shape index (κ1) is 16.2. The van der Waals surface area contributed by atoms with Crippen molar-refractivity contribution in [3.05, 3.63) is 65.7 Å². The van der Waals surface area contributed by atoms with E-state index in [1.807, 2.05) is 41.9 Å². The van der Waals surface area contributed by atoms with Gasteiger partial charge in [0, 0.05) is 18.0 Å². The van der Waals surface area contributed by atoms with Crippen molar-refractivity contribution >= 4 is 23.0 Å². The summed E-state index contributed by atoms with van der Waals surface area (Å²) in [5.74, 6) is 2.27. The number of hydrogen-bond acceptors (Lipinski definition) is 7. The van der Waals surface area contributed by atoms with Gasteiger partial charge >= 0.3 is 0 Å². The van der Waals surface area contributed by atoms with Crippen molar-refractivity contribution < 1.29 is 4.74 Å². The number of aromatic nitrogens is 4. The highest BCUT2D eigenvalue weighted by Crippen LogP contribution is 2.27. The fraction of sp³-hybridized carbons (Fsp3) is 0.0526. The molecular formula is C19H15N5OS. The van der Waals surface area contributed by atoms with Gasteiger partial charge in [-0.1, -0.05) is 6.07 Å². The molecule has 128 valence electrons. The van der Waals surface area contributed by atoms with Gasteiger partial charge in [0.15, 0.2) is 17.4 Å². The number of methoxy groups -OCH3 is 1. The van der Waals surface area contributed by atoms with Crippen LogP contribution in [0.2, 0.25) is 0 Å².